The molecule has 3 saturated heterocycles. The molecule has 330 valence electrons. The number of alkyl halides is 1. The third kappa shape index (κ3) is 8.82. The van der Waals surface area contributed by atoms with Crippen molar-refractivity contribution in [1.29, 1.82) is 0 Å². The Morgan fingerprint density at radius 2 is 1.69 bits per heavy atom. The second-order valence-corrected chi connectivity index (χ2v) is 17.9. The third-order valence-electron chi connectivity index (χ3n) is 13.5. The van der Waals surface area contributed by atoms with Gasteiger partial charge < -0.3 is 43.2 Å². The first-order valence-corrected chi connectivity index (χ1v) is 21.3. The number of hydrogen-bond acceptors (Lipinski definition) is 12. The number of carbonyl (C=O) groups is 4. The summed E-state index contributed by atoms with van der Waals surface area (Å²) in [6, 6.07) is 4.58. The fourth-order valence-corrected chi connectivity index (χ4v) is 9.98. The second-order valence-electron chi connectivity index (χ2n) is 17.9. The summed E-state index contributed by atoms with van der Waals surface area (Å²) < 4.78 is 50.2. The van der Waals surface area contributed by atoms with Gasteiger partial charge >= 0.3 is 12.1 Å². The van der Waals surface area contributed by atoms with Crippen LogP contribution in [0.4, 0.5) is 9.18 Å². The van der Waals surface area contributed by atoms with Gasteiger partial charge in [-0.2, -0.15) is 0 Å². The van der Waals surface area contributed by atoms with E-state index in [1.807, 2.05) is 54.8 Å². The average molecular weight is 831 g/mol. The predicted molar refractivity (Wildman–Crippen MR) is 218 cm³/mol. The smallest absolute Gasteiger partial charge is 0.410 e. The molecule has 13 atom stereocenters. The number of aliphatic hydroxyl groups is 1. The summed E-state index contributed by atoms with van der Waals surface area (Å²) in [5, 5.41) is 12.8. The van der Waals surface area contributed by atoms with E-state index in [4.69, 9.17) is 23.7 Å². The van der Waals surface area contributed by atoms with E-state index in [0.29, 0.717) is 32.4 Å². The average Bonchev–Trinajstić information content (AvgIpc) is 3.73. The molecule has 14 nitrogen and oxygen atoms in total. The Morgan fingerprint density at radius 1 is 1.02 bits per heavy atom. The Hall–Kier alpha value is -3.50. The summed E-state index contributed by atoms with van der Waals surface area (Å²) in [7, 11) is 3.30. The maximum atomic E-state index is 17.0. The number of pyridine rings is 1. The van der Waals surface area contributed by atoms with Crippen molar-refractivity contribution in [2.45, 2.75) is 167 Å². The molecule has 0 saturated carbocycles. The van der Waals surface area contributed by atoms with Gasteiger partial charge in [0.05, 0.1) is 23.9 Å². The third-order valence-corrected chi connectivity index (χ3v) is 13.5. The van der Waals surface area contributed by atoms with Crippen LogP contribution in [-0.4, -0.2) is 134 Å². The maximum absolute atomic E-state index is 17.0. The zero-order chi connectivity index (χ0) is 43.8. The number of ketones is 2. The van der Waals surface area contributed by atoms with Gasteiger partial charge in [-0.1, -0.05) is 34.6 Å². The summed E-state index contributed by atoms with van der Waals surface area (Å²) in [5.41, 5.74) is -5.38. The van der Waals surface area contributed by atoms with E-state index in [1.54, 1.807) is 47.7 Å². The fraction of sp³-hybridized carbons (Fsp3) is 0.750. The number of likely N-dealkylation sites (N-methyl/N-ethyl adjacent to an activating group) is 1. The molecule has 3 aliphatic rings. The molecule has 0 bridgehead atoms. The van der Waals surface area contributed by atoms with Crippen molar-refractivity contribution in [3.8, 4) is 0 Å². The first-order chi connectivity index (χ1) is 27.6. The van der Waals surface area contributed by atoms with Crippen LogP contribution >= 0.6 is 0 Å². The Morgan fingerprint density at radius 3 is 2.34 bits per heavy atom. The van der Waals surface area contributed by atoms with Crippen LogP contribution in [0.3, 0.4) is 0 Å². The number of Topliss-reactive ketones (excluding diaryl/α,β-unsaturated/α-hetero) is 2. The zero-order valence-electron chi connectivity index (χ0n) is 37.0. The van der Waals surface area contributed by atoms with Crippen LogP contribution in [-0.2, 0) is 44.6 Å². The minimum absolute atomic E-state index is 0.00324. The van der Waals surface area contributed by atoms with Gasteiger partial charge in [0.15, 0.2) is 17.2 Å². The monoisotopic (exact) mass is 830 g/mol. The summed E-state index contributed by atoms with van der Waals surface area (Å²) in [5.74, 6) is -7.49. The Bertz CT molecular complexity index is 1840. The first kappa shape index (κ1) is 46.6. The van der Waals surface area contributed by atoms with Crippen LogP contribution < -0.4 is 0 Å². The van der Waals surface area contributed by atoms with Gasteiger partial charge in [0, 0.05) is 61.8 Å². The second kappa shape index (κ2) is 17.8. The predicted octanol–water partition coefficient (Wildman–Crippen LogP) is 5.89. The van der Waals surface area contributed by atoms with Gasteiger partial charge in [-0.05, 0) is 98.5 Å². The number of esters is 1. The number of carbonyl (C=O) groups excluding carboxylic acids is 4. The lowest BCUT2D eigenvalue weighted by Crippen LogP contribution is -2.65. The molecule has 3 fully saturated rings. The normalized spacial score (nSPS) is 39.0. The lowest BCUT2D eigenvalue weighted by molar-refractivity contribution is -0.354. The van der Waals surface area contributed by atoms with E-state index in [1.165, 1.54) is 18.9 Å². The molecule has 15 heteroatoms. The molecule has 0 spiro atoms. The van der Waals surface area contributed by atoms with E-state index >= 15 is 4.39 Å². The van der Waals surface area contributed by atoms with E-state index in [2.05, 4.69) is 4.98 Å². The van der Waals surface area contributed by atoms with Crippen LogP contribution in [0.15, 0.2) is 30.6 Å². The quantitative estimate of drug-likeness (QED) is 0.163. The van der Waals surface area contributed by atoms with Crippen molar-refractivity contribution in [2.24, 2.45) is 17.8 Å². The topological polar surface area (TPSA) is 159 Å². The lowest BCUT2D eigenvalue weighted by atomic mass is 9.73. The number of aryl methyl sites for hydroxylation is 1. The Labute approximate surface area is 348 Å². The van der Waals surface area contributed by atoms with Crippen LogP contribution in [0, 0.1) is 17.8 Å². The molecule has 3 aliphatic heterocycles. The van der Waals surface area contributed by atoms with Crippen molar-refractivity contribution in [3.63, 3.8) is 0 Å². The number of cyclic esters (lactones) is 1. The molecule has 5 rings (SSSR count). The summed E-state index contributed by atoms with van der Waals surface area (Å²) in [4.78, 5) is 65.0. The van der Waals surface area contributed by atoms with Crippen molar-refractivity contribution < 1.29 is 52.4 Å². The number of aromatic nitrogens is 2. The van der Waals surface area contributed by atoms with E-state index < -0.39 is 82.6 Å². The van der Waals surface area contributed by atoms with Crippen LogP contribution in [0.5, 0.6) is 0 Å². The Kier molecular flexibility index (Phi) is 14.1. The molecule has 0 unspecified atom stereocenters. The van der Waals surface area contributed by atoms with Crippen LogP contribution in [0.1, 0.15) is 101 Å². The number of nitrogens with zero attached hydrogens (tertiary/aromatic N) is 4. The van der Waals surface area contributed by atoms with Crippen molar-refractivity contribution in [3.05, 3.63) is 30.6 Å². The minimum atomic E-state index is -3.18. The first-order valence-electron chi connectivity index (χ1n) is 21.3. The van der Waals surface area contributed by atoms with Crippen molar-refractivity contribution in [1.82, 2.24) is 19.4 Å². The summed E-state index contributed by atoms with van der Waals surface area (Å²) in [6.07, 6.45) is 0.748. The number of hydrogen-bond donors (Lipinski definition) is 1. The Balaban J connectivity index is 1.51. The summed E-state index contributed by atoms with van der Waals surface area (Å²) in [6.45, 7) is 17.7. The van der Waals surface area contributed by atoms with E-state index in [9.17, 15) is 24.3 Å². The highest BCUT2D eigenvalue weighted by molar-refractivity contribution is 6.08. The number of halogens is 1. The van der Waals surface area contributed by atoms with Gasteiger partial charge in [0.25, 0.3) is 5.67 Å². The maximum Gasteiger partial charge on any atom is 0.410 e. The van der Waals surface area contributed by atoms with Gasteiger partial charge in [-0.25, -0.2) is 19.0 Å². The van der Waals surface area contributed by atoms with Gasteiger partial charge in [-0.15, -0.1) is 0 Å². The molecule has 2 aromatic rings. The molecule has 0 radical (unpaired) electrons. The molecular formula is C44H67FN4O10. The van der Waals surface area contributed by atoms with Crippen molar-refractivity contribution in [2.75, 3.05) is 27.2 Å². The number of fused-ring (bicyclic) bond motifs is 2. The van der Waals surface area contributed by atoms with Crippen LogP contribution in [0.25, 0.3) is 11.0 Å². The van der Waals surface area contributed by atoms with Gasteiger partial charge in [0.1, 0.15) is 23.6 Å². The van der Waals surface area contributed by atoms with Gasteiger partial charge in [0.2, 0.25) is 0 Å². The molecule has 1 amide bonds. The number of rotatable bonds is 11. The van der Waals surface area contributed by atoms with E-state index in [-0.39, 0.29) is 37.3 Å². The highest BCUT2D eigenvalue weighted by atomic mass is 19.1. The molecule has 59 heavy (non-hydrogen) atoms. The molecule has 2 aromatic heterocycles. The minimum Gasteiger partial charge on any atom is -0.455 e. The molecule has 0 aromatic carbocycles. The number of ether oxygens (including phenoxy) is 5. The fourth-order valence-electron chi connectivity index (χ4n) is 9.98. The highest BCUT2D eigenvalue weighted by Gasteiger charge is 2.62. The lowest BCUT2D eigenvalue weighted by Gasteiger charge is -2.52. The zero-order valence-corrected chi connectivity index (χ0v) is 37.0. The molecule has 5 heterocycles. The number of aliphatic hydroxyl groups excluding tert-OH is 1. The van der Waals surface area contributed by atoms with E-state index in [0.717, 1.165) is 18.0 Å². The molecule has 0 aliphatic carbocycles. The van der Waals surface area contributed by atoms with Crippen molar-refractivity contribution >= 4 is 34.7 Å². The SMILES string of the molecule is CC[C@H]1OC(=O)[C@@](C)(F)C(=O)[C@H](C)[C@@H](O[C@]2(C)O[C@H](C)C[C@H](N(C)CC)[C@H]2O)[C@](C)(OC)C[C@@H](C)C(=O)[C@H](C)[C@H]2N(CCCCn3ccc4cccnc43)C(=O)O[C@]12C. The van der Waals surface area contributed by atoms with Gasteiger partial charge in [-0.3, -0.25) is 9.59 Å². The summed E-state index contributed by atoms with van der Waals surface area (Å²) >= 11 is 0. The molecular weight excluding hydrogens is 763 g/mol. The largest absolute Gasteiger partial charge is 0.455 e. The number of unbranched alkanes of at least 4 members (excludes halogenated alkanes) is 1. The number of amides is 1. The standard InChI is InChI=1S/C44H67FN4O10/c1-13-32-43(9)34(49(40(54)59-43)22-16-15-21-48-23-19-30-18-17-20-46-38(30)48)28(5)33(50)26(3)25-41(7,55-12)37(29(6)35(51)42(8,45)39(53)56-32)58-44(10)36(52)31(47(11)14-2)24-27(4)57-44/h17-20,23,26-29,31-32,34,36-37,52H,13-16,21-22,24-25H2,1-12H3/t26-,27-,28+,29+,31+,32-,34-,36-,37-,41-,42+,43-,44+/m1/s1. The molecule has 1 N–H and O–H groups in total. The van der Waals surface area contributed by atoms with Crippen LogP contribution in [0.2, 0.25) is 0 Å². The highest BCUT2D eigenvalue weighted by Crippen LogP contribution is 2.45. The number of methoxy groups -OCH3 is 1.